The Morgan fingerprint density at radius 2 is 1.90 bits per heavy atom. The maximum atomic E-state index is 9.86. The topological polar surface area (TPSA) is 50.7 Å². The molecule has 2 atom stereocenters. The average Bonchev–Trinajstić information content (AvgIpc) is 2.44. The molecular weight excluding hydrogens is 290 g/mol. The molecule has 0 saturated heterocycles. The van der Waals surface area contributed by atoms with Crippen LogP contribution in [0.2, 0.25) is 5.02 Å². The van der Waals surface area contributed by atoms with Gasteiger partial charge in [0.2, 0.25) is 0 Å². The summed E-state index contributed by atoms with van der Waals surface area (Å²) in [4.78, 5) is 0. The molecule has 0 radical (unpaired) electrons. The molecule has 1 aromatic carbocycles. The Balaban J connectivity index is 2.18. The van der Waals surface area contributed by atoms with E-state index in [2.05, 4.69) is 5.32 Å². The molecule has 0 heterocycles. The van der Waals surface area contributed by atoms with Crippen LogP contribution in [0.1, 0.15) is 32.4 Å². The molecule has 0 spiro atoms. The van der Waals surface area contributed by atoms with Crippen molar-refractivity contribution < 1.29 is 14.6 Å². The number of hydrogen-bond donors (Lipinski definition) is 2. The number of benzene rings is 1. The minimum absolute atomic E-state index is 0.0811. The van der Waals surface area contributed by atoms with Crippen molar-refractivity contribution in [3.05, 3.63) is 34.9 Å². The van der Waals surface area contributed by atoms with Gasteiger partial charge in [-0.25, -0.2) is 0 Å². The van der Waals surface area contributed by atoms with E-state index >= 15 is 0 Å². The van der Waals surface area contributed by atoms with Crippen LogP contribution in [0.5, 0.6) is 0 Å². The first-order valence-corrected chi connectivity index (χ1v) is 7.73. The SMILES string of the molecule is CC(C)OCCOCC(O)CNC(C)c1ccccc1Cl. The third-order valence-electron chi connectivity index (χ3n) is 3.02. The summed E-state index contributed by atoms with van der Waals surface area (Å²) in [5, 5.41) is 13.8. The zero-order valence-corrected chi connectivity index (χ0v) is 13.8. The molecule has 21 heavy (non-hydrogen) atoms. The number of rotatable bonds is 10. The van der Waals surface area contributed by atoms with Crippen LogP contribution in [-0.4, -0.2) is 43.7 Å². The quantitative estimate of drug-likeness (QED) is 0.652. The zero-order chi connectivity index (χ0) is 15.7. The maximum Gasteiger partial charge on any atom is 0.0897 e. The van der Waals surface area contributed by atoms with Crippen molar-refractivity contribution in [1.82, 2.24) is 5.32 Å². The van der Waals surface area contributed by atoms with Crippen molar-refractivity contribution in [3.63, 3.8) is 0 Å². The molecule has 2 N–H and O–H groups in total. The van der Waals surface area contributed by atoms with Gasteiger partial charge in [0, 0.05) is 17.6 Å². The van der Waals surface area contributed by atoms with Crippen molar-refractivity contribution in [2.24, 2.45) is 0 Å². The highest BCUT2D eigenvalue weighted by Gasteiger charge is 2.11. The highest BCUT2D eigenvalue weighted by Crippen LogP contribution is 2.21. The molecule has 0 aliphatic rings. The van der Waals surface area contributed by atoms with Gasteiger partial charge in [0.25, 0.3) is 0 Å². The Bertz CT molecular complexity index is 401. The van der Waals surface area contributed by atoms with E-state index in [1.165, 1.54) is 0 Å². The third kappa shape index (κ3) is 7.79. The minimum atomic E-state index is -0.547. The Morgan fingerprint density at radius 3 is 2.57 bits per heavy atom. The average molecular weight is 316 g/mol. The summed E-state index contributed by atoms with van der Waals surface area (Å²) in [5.74, 6) is 0. The lowest BCUT2D eigenvalue weighted by Crippen LogP contribution is -2.32. The summed E-state index contributed by atoms with van der Waals surface area (Å²) in [5.41, 5.74) is 1.03. The Labute approximate surface area is 132 Å². The van der Waals surface area contributed by atoms with E-state index in [1.807, 2.05) is 45.0 Å². The molecule has 0 bridgehead atoms. The summed E-state index contributed by atoms with van der Waals surface area (Å²) in [7, 11) is 0. The van der Waals surface area contributed by atoms with Gasteiger partial charge >= 0.3 is 0 Å². The number of halogens is 1. The second kappa shape index (κ2) is 10.1. The number of ether oxygens (including phenoxy) is 2. The van der Waals surface area contributed by atoms with Crippen LogP contribution in [0.4, 0.5) is 0 Å². The minimum Gasteiger partial charge on any atom is -0.389 e. The van der Waals surface area contributed by atoms with E-state index in [1.54, 1.807) is 0 Å². The summed E-state index contributed by atoms with van der Waals surface area (Å²) in [6.45, 7) is 7.78. The van der Waals surface area contributed by atoms with Crippen LogP contribution in [-0.2, 0) is 9.47 Å². The van der Waals surface area contributed by atoms with Crippen LogP contribution in [0.25, 0.3) is 0 Å². The van der Waals surface area contributed by atoms with Gasteiger partial charge in [0.05, 0.1) is 32.0 Å². The highest BCUT2D eigenvalue weighted by molar-refractivity contribution is 6.31. The van der Waals surface area contributed by atoms with Gasteiger partial charge in [-0.2, -0.15) is 0 Å². The lowest BCUT2D eigenvalue weighted by Gasteiger charge is -2.18. The smallest absolute Gasteiger partial charge is 0.0897 e. The Hall–Kier alpha value is -0.650. The van der Waals surface area contributed by atoms with Crippen molar-refractivity contribution in [2.75, 3.05) is 26.4 Å². The van der Waals surface area contributed by atoms with Crippen molar-refractivity contribution in [3.8, 4) is 0 Å². The van der Waals surface area contributed by atoms with Crippen LogP contribution in [0.3, 0.4) is 0 Å². The normalized spacial score (nSPS) is 14.4. The fourth-order valence-corrected chi connectivity index (χ4v) is 2.17. The molecule has 0 saturated carbocycles. The molecule has 0 aliphatic heterocycles. The predicted molar refractivity (Wildman–Crippen MR) is 85.8 cm³/mol. The zero-order valence-electron chi connectivity index (χ0n) is 13.0. The van der Waals surface area contributed by atoms with Crippen LogP contribution < -0.4 is 5.32 Å². The van der Waals surface area contributed by atoms with E-state index < -0.39 is 6.10 Å². The van der Waals surface area contributed by atoms with Crippen molar-refractivity contribution in [2.45, 2.75) is 39.0 Å². The summed E-state index contributed by atoms with van der Waals surface area (Å²) in [6.07, 6.45) is -0.342. The number of aliphatic hydroxyl groups is 1. The number of hydrogen-bond acceptors (Lipinski definition) is 4. The maximum absolute atomic E-state index is 9.86. The Morgan fingerprint density at radius 1 is 1.19 bits per heavy atom. The standard InChI is InChI=1S/C16H26ClNO3/c1-12(2)21-9-8-20-11-14(19)10-18-13(3)15-6-4-5-7-16(15)17/h4-7,12-14,18-19H,8-11H2,1-3H3. The van der Waals surface area contributed by atoms with Gasteiger partial charge in [-0.3, -0.25) is 0 Å². The van der Waals surface area contributed by atoms with Crippen molar-refractivity contribution in [1.29, 1.82) is 0 Å². The molecule has 2 unspecified atom stereocenters. The van der Waals surface area contributed by atoms with E-state index in [-0.39, 0.29) is 12.1 Å². The largest absolute Gasteiger partial charge is 0.389 e. The van der Waals surface area contributed by atoms with Gasteiger partial charge in [-0.15, -0.1) is 0 Å². The molecule has 1 aromatic rings. The third-order valence-corrected chi connectivity index (χ3v) is 3.36. The molecule has 120 valence electrons. The first kappa shape index (κ1) is 18.4. The van der Waals surface area contributed by atoms with Crippen LogP contribution >= 0.6 is 11.6 Å². The second-order valence-electron chi connectivity index (χ2n) is 5.30. The number of nitrogens with one attached hydrogen (secondary N) is 1. The molecule has 0 aliphatic carbocycles. The molecule has 4 nitrogen and oxygen atoms in total. The van der Waals surface area contributed by atoms with E-state index in [0.29, 0.717) is 26.4 Å². The number of aliphatic hydroxyl groups excluding tert-OH is 1. The highest BCUT2D eigenvalue weighted by atomic mass is 35.5. The van der Waals surface area contributed by atoms with E-state index in [9.17, 15) is 5.11 Å². The molecule has 0 aromatic heterocycles. The van der Waals surface area contributed by atoms with Gasteiger partial charge in [-0.05, 0) is 32.4 Å². The van der Waals surface area contributed by atoms with E-state index in [0.717, 1.165) is 10.6 Å². The predicted octanol–water partition coefficient (Wildman–Crippen LogP) is 2.79. The second-order valence-corrected chi connectivity index (χ2v) is 5.71. The molecular formula is C16H26ClNO3. The summed E-state index contributed by atoms with van der Waals surface area (Å²) < 4.78 is 10.7. The molecule has 5 heteroatoms. The first-order chi connectivity index (χ1) is 10.0. The fourth-order valence-electron chi connectivity index (χ4n) is 1.87. The fraction of sp³-hybridized carbons (Fsp3) is 0.625. The molecule has 1 rings (SSSR count). The van der Waals surface area contributed by atoms with Crippen LogP contribution in [0, 0.1) is 0 Å². The summed E-state index contributed by atoms with van der Waals surface area (Å²) >= 11 is 6.14. The monoisotopic (exact) mass is 315 g/mol. The lowest BCUT2D eigenvalue weighted by atomic mass is 10.1. The van der Waals surface area contributed by atoms with Gasteiger partial charge in [-0.1, -0.05) is 29.8 Å². The van der Waals surface area contributed by atoms with Gasteiger partial charge in [0.1, 0.15) is 0 Å². The lowest BCUT2D eigenvalue weighted by molar-refractivity contribution is -0.0104. The van der Waals surface area contributed by atoms with E-state index in [4.69, 9.17) is 21.1 Å². The summed E-state index contributed by atoms with van der Waals surface area (Å²) in [6, 6.07) is 7.78. The van der Waals surface area contributed by atoms with Gasteiger partial charge < -0.3 is 19.9 Å². The molecule has 0 amide bonds. The van der Waals surface area contributed by atoms with Crippen LogP contribution in [0.15, 0.2) is 24.3 Å². The Kier molecular flexibility index (Phi) is 8.88. The first-order valence-electron chi connectivity index (χ1n) is 7.36. The van der Waals surface area contributed by atoms with Crippen molar-refractivity contribution >= 4 is 11.6 Å². The molecule has 0 fully saturated rings. The van der Waals surface area contributed by atoms with Gasteiger partial charge in [0.15, 0.2) is 0 Å².